The number of hydrogen-bond acceptors (Lipinski definition) is 5. The van der Waals surface area contributed by atoms with Gasteiger partial charge in [-0.2, -0.15) is 4.31 Å². The van der Waals surface area contributed by atoms with Crippen molar-refractivity contribution in [3.05, 3.63) is 17.6 Å². The van der Waals surface area contributed by atoms with Gasteiger partial charge in [-0.3, -0.25) is 0 Å². The lowest BCUT2D eigenvalue weighted by atomic mass is 10.4. The number of rotatable bonds is 8. The summed E-state index contributed by atoms with van der Waals surface area (Å²) < 4.78 is 37.2. The number of nitrogens with zero attached hydrogens (tertiary/aromatic N) is 1. The average molecular weight is 316 g/mol. The summed E-state index contributed by atoms with van der Waals surface area (Å²) in [6, 6.07) is 1.94. The zero-order chi connectivity index (χ0) is 15.6. The molecular formula is C14H24N2O4S. The van der Waals surface area contributed by atoms with Gasteiger partial charge in [-0.25, -0.2) is 8.42 Å². The monoisotopic (exact) mass is 316 g/mol. The van der Waals surface area contributed by atoms with E-state index >= 15 is 0 Å². The number of hydrogen-bond donors (Lipinski definition) is 1. The number of aryl methyl sites for hydroxylation is 1. The molecule has 0 aliphatic heterocycles. The van der Waals surface area contributed by atoms with Gasteiger partial charge < -0.3 is 14.5 Å². The highest BCUT2D eigenvalue weighted by molar-refractivity contribution is 7.89. The highest BCUT2D eigenvalue weighted by atomic mass is 32.2. The highest BCUT2D eigenvalue weighted by Crippen LogP contribution is 2.25. The maximum Gasteiger partial charge on any atom is 0.246 e. The van der Waals surface area contributed by atoms with E-state index in [0.29, 0.717) is 30.7 Å². The maximum absolute atomic E-state index is 12.6. The molecule has 2 rings (SSSR count). The molecule has 1 heterocycles. The summed E-state index contributed by atoms with van der Waals surface area (Å²) in [7, 11) is -0.441. The first-order valence-corrected chi connectivity index (χ1v) is 8.60. The first-order valence-electron chi connectivity index (χ1n) is 7.16. The van der Waals surface area contributed by atoms with Crippen LogP contribution in [-0.2, 0) is 21.3 Å². The van der Waals surface area contributed by atoms with Crippen molar-refractivity contribution in [2.45, 2.75) is 50.2 Å². The molecule has 1 aromatic rings. The van der Waals surface area contributed by atoms with E-state index in [4.69, 9.17) is 9.15 Å². The minimum atomic E-state index is -3.56. The van der Waals surface area contributed by atoms with Gasteiger partial charge in [0.15, 0.2) is 0 Å². The van der Waals surface area contributed by atoms with Crippen LogP contribution < -0.4 is 5.32 Å². The summed E-state index contributed by atoms with van der Waals surface area (Å²) in [5.41, 5.74) is 0. The third-order valence-electron chi connectivity index (χ3n) is 3.75. The Morgan fingerprint density at radius 2 is 2.19 bits per heavy atom. The molecule has 120 valence electrons. The van der Waals surface area contributed by atoms with E-state index in [1.54, 1.807) is 27.1 Å². The Morgan fingerprint density at radius 3 is 2.76 bits per heavy atom. The van der Waals surface area contributed by atoms with Gasteiger partial charge in [-0.05, 0) is 26.7 Å². The fourth-order valence-electron chi connectivity index (χ4n) is 2.14. The molecule has 1 aliphatic rings. The first-order chi connectivity index (χ1) is 9.86. The molecule has 0 aromatic carbocycles. The zero-order valence-electron chi connectivity index (χ0n) is 13.0. The van der Waals surface area contributed by atoms with Crippen molar-refractivity contribution in [2.75, 3.05) is 20.8 Å². The Morgan fingerprint density at radius 1 is 1.52 bits per heavy atom. The lowest BCUT2D eigenvalue weighted by Gasteiger charge is -2.23. The van der Waals surface area contributed by atoms with Crippen molar-refractivity contribution < 1.29 is 17.6 Å². The van der Waals surface area contributed by atoms with Gasteiger partial charge in [0.1, 0.15) is 16.4 Å². The van der Waals surface area contributed by atoms with Gasteiger partial charge in [0.05, 0.1) is 13.2 Å². The highest BCUT2D eigenvalue weighted by Gasteiger charge is 2.29. The van der Waals surface area contributed by atoms with Crippen molar-refractivity contribution in [3.63, 3.8) is 0 Å². The van der Waals surface area contributed by atoms with Crippen molar-refractivity contribution in [2.24, 2.45) is 0 Å². The number of furan rings is 1. The van der Waals surface area contributed by atoms with Crippen LogP contribution in [0.2, 0.25) is 0 Å². The topological polar surface area (TPSA) is 71.8 Å². The summed E-state index contributed by atoms with van der Waals surface area (Å²) >= 11 is 0. The van der Waals surface area contributed by atoms with Crippen LogP contribution >= 0.6 is 0 Å². The summed E-state index contributed by atoms with van der Waals surface area (Å²) in [6.07, 6.45) is 2.37. The molecule has 1 aliphatic carbocycles. The van der Waals surface area contributed by atoms with Gasteiger partial charge in [0, 0.05) is 32.3 Å². The van der Waals surface area contributed by atoms with E-state index in [1.807, 2.05) is 6.92 Å². The minimum absolute atomic E-state index is 0.234. The molecule has 7 heteroatoms. The van der Waals surface area contributed by atoms with Crippen LogP contribution in [0.25, 0.3) is 0 Å². The molecule has 0 radical (unpaired) electrons. The molecule has 1 unspecified atom stereocenters. The Balaban J connectivity index is 2.14. The lowest BCUT2D eigenvalue weighted by Crippen LogP contribution is -2.37. The predicted octanol–water partition coefficient (Wildman–Crippen LogP) is 1.50. The van der Waals surface area contributed by atoms with E-state index in [9.17, 15) is 8.42 Å². The largest absolute Gasteiger partial charge is 0.464 e. The quantitative estimate of drug-likeness (QED) is 0.787. The number of ether oxygens (including phenoxy) is 1. The summed E-state index contributed by atoms with van der Waals surface area (Å²) in [6.45, 7) is 4.41. The second-order valence-electron chi connectivity index (χ2n) is 5.61. The molecular weight excluding hydrogens is 292 g/mol. The third kappa shape index (κ3) is 3.85. The van der Waals surface area contributed by atoms with Crippen molar-refractivity contribution >= 4 is 10.0 Å². The lowest BCUT2D eigenvalue weighted by molar-refractivity contribution is 0.149. The van der Waals surface area contributed by atoms with E-state index < -0.39 is 10.0 Å². The Kier molecular flexibility index (Phi) is 5.08. The van der Waals surface area contributed by atoms with Gasteiger partial charge in [-0.1, -0.05) is 0 Å². The SMILES string of the molecule is COCC(C)N(C)S(=O)(=O)c1cc(CNC2CC2)oc1C. The predicted molar refractivity (Wildman–Crippen MR) is 79.6 cm³/mol. The molecule has 1 aromatic heterocycles. The van der Waals surface area contributed by atoms with E-state index in [0.717, 1.165) is 0 Å². The summed E-state index contributed by atoms with van der Waals surface area (Å²) in [5, 5.41) is 3.31. The minimum Gasteiger partial charge on any atom is -0.464 e. The molecule has 0 amide bonds. The third-order valence-corrected chi connectivity index (χ3v) is 5.83. The van der Waals surface area contributed by atoms with Crippen molar-refractivity contribution in [1.29, 1.82) is 0 Å². The Labute approximate surface area is 126 Å². The Bertz CT molecular complexity index is 578. The second kappa shape index (κ2) is 6.48. The molecule has 0 saturated heterocycles. The van der Waals surface area contributed by atoms with E-state index in [2.05, 4.69) is 5.32 Å². The maximum atomic E-state index is 12.6. The Hall–Kier alpha value is -0.890. The fourth-order valence-corrected chi connectivity index (χ4v) is 3.67. The van der Waals surface area contributed by atoms with Crippen LogP contribution in [0.3, 0.4) is 0 Å². The van der Waals surface area contributed by atoms with Crippen LogP contribution in [0.5, 0.6) is 0 Å². The number of likely N-dealkylation sites (N-methyl/N-ethyl adjacent to an activating group) is 1. The van der Waals surface area contributed by atoms with Gasteiger partial charge in [0.2, 0.25) is 10.0 Å². The number of methoxy groups -OCH3 is 1. The van der Waals surface area contributed by atoms with Crippen LogP contribution in [0, 0.1) is 6.92 Å². The summed E-state index contributed by atoms with van der Waals surface area (Å²) in [5.74, 6) is 1.09. The molecule has 0 spiro atoms. The van der Waals surface area contributed by atoms with E-state index in [-0.39, 0.29) is 10.9 Å². The average Bonchev–Trinajstić information content (AvgIpc) is 3.18. The molecule has 0 bridgehead atoms. The molecule has 21 heavy (non-hydrogen) atoms. The van der Waals surface area contributed by atoms with Crippen LogP contribution in [0.1, 0.15) is 31.3 Å². The smallest absolute Gasteiger partial charge is 0.246 e. The first kappa shape index (κ1) is 16.5. The zero-order valence-corrected chi connectivity index (χ0v) is 13.9. The normalized spacial score (nSPS) is 17.4. The standard InChI is InChI=1S/C14H24N2O4S/c1-10(9-19-4)16(3)21(17,18)14-7-13(20-11(14)2)8-15-12-5-6-12/h7,10,12,15H,5-6,8-9H2,1-4H3. The molecule has 1 fully saturated rings. The van der Waals surface area contributed by atoms with Gasteiger partial charge >= 0.3 is 0 Å². The van der Waals surface area contributed by atoms with Gasteiger partial charge in [-0.15, -0.1) is 0 Å². The molecule has 1 saturated carbocycles. The molecule has 1 N–H and O–H groups in total. The fraction of sp³-hybridized carbons (Fsp3) is 0.714. The summed E-state index contributed by atoms with van der Waals surface area (Å²) in [4.78, 5) is 0.237. The van der Waals surface area contributed by atoms with Crippen LogP contribution in [-0.4, -0.2) is 45.6 Å². The second-order valence-corrected chi connectivity index (χ2v) is 7.58. The molecule has 1 atom stereocenters. The number of nitrogens with one attached hydrogen (secondary N) is 1. The van der Waals surface area contributed by atoms with Crippen molar-refractivity contribution in [3.8, 4) is 0 Å². The van der Waals surface area contributed by atoms with E-state index in [1.165, 1.54) is 17.1 Å². The van der Waals surface area contributed by atoms with Gasteiger partial charge in [0.25, 0.3) is 0 Å². The van der Waals surface area contributed by atoms with Crippen LogP contribution in [0.15, 0.2) is 15.4 Å². The van der Waals surface area contributed by atoms with Crippen molar-refractivity contribution in [1.82, 2.24) is 9.62 Å². The molecule has 6 nitrogen and oxygen atoms in total. The number of sulfonamides is 1. The van der Waals surface area contributed by atoms with Crippen LogP contribution in [0.4, 0.5) is 0 Å².